The van der Waals surface area contributed by atoms with Crippen LogP contribution in [-0.2, 0) is 11.2 Å². The van der Waals surface area contributed by atoms with Crippen LogP contribution in [0.1, 0.15) is 18.9 Å². The second-order valence-corrected chi connectivity index (χ2v) is 6.28. The lowest BCUT2D eigenvalue weighted by molar-refractivity contribution is -0.131. The molecule has 1 aliphatic heterocycles. The molecule has 0 bridgehead atoms. The summed E-state index contributed by atoms with van der Waals surface area (Å²) in [6.07, 6.45) is 3.38. The van der Waals surface area contributed by atoms with E-state index in [4.69, 9.17) is 0 Å². The van der Waals surface area contributed by atoms with Crippen molar-refractivity contribution >= 4 is 17.4 Å². The van der Waals surface area contributed by atoms with Gasteiger partial charge in [-0.05, 0) is 36.2 Å². The number of nitrogens with one attached hydrogen (secondary N) is 1. The summed E-state index contributed by atoms with van der Waals surface area (Å²) in [7, 11) is 0. The Kier molecular flexibility index (Phi) is 5.88. The van der Waals surface area contributed by atoms with Gasteiger partial charge in [0.05, 0.1) is 0 Å². The van der Waals surface area contributed by atoms with E-state index in [1.54, 1.807) is 0 Å². The van der Waals surface area contributed by atoms with Crippen molar-refractivity contribution in [2.24, 2.45) is 0 Å². The summed E-state index contributed by atoms with van der Waals surface area (Å²) < 4.78 is 0. The summed E-state index contributed by atoms with van der Waals surface area (Å²) in [6.45, 7) is 6.03. The van der Waals surface area contributed by atoms with Crippen LogP contribution in [0.25, 0.3) is 0 Å². The van der Waals surface area contributed by atoms with E-state index >= 15 is 0 Å². The number of benzene rings is 1. The molecule has 2 aromatic rings. The fourth-order valence-electron chi connectivity index (χ4n) is 3.06. The highest BCUT2D eigenvalue weighted by molar-refractivity contribution is 5.77. The van der Waals surface area contributed by atoms with Gasteiger partial charge < -0.3 is 15.1 Å². The van der Waals surface area contributed by atoms with E-state index in [9.17, 15) is 4.79 Å². The van der Waals surface area contributed by atoms with E-state index in [1.807, 2.05) is 29.3 Å². The maximum atomic E-state index is 12.4. The smallest absolute Gasteiger partial charge is 0.224 e. The number of aryl methyl sites for hydroxylation is 1. The Balaban J connectivity index is 1.40. The zero-order valence-corrected chi connectivity index (χ0v) is 14.8. The second-order valence-electron chi connectivity index (χ2n) is 6.28. The minimum absolute atomic E-state index is 0.221. The van der Waals surface area contributed by atoms with Crippen molar-refractivity contribution in [1.82, 2.24) is 9.88 Å². The first-order chi connectivity index (χ1) is 12.3. The van der Waals surface area contributed by atoms with Gasteiger partial charge in [-0.15, -0.1) is 0 Å². The minimum Gasteiger partial charge on any atom is -0.385 e. The van der Waals surface area contributed by atoms with E-state index in [0.717, 1.165) is 44.1 Å². The Labute approximate surface area is 149 Å². The van der Waals surface area contributed by atoms with Crippen LogP contribution in [0.15, 0.2) is 48.7 Å². The van der Waals surface area contributed by atoms with Crippen LogP contribution in [-0.4, -0.2) is 48.5 Å². The molecule has 25 heavy (non-hydrogen) atoms. The average molecular weight is 338 g/mol. The molecule has 0 spiro atoms. The summed E-state index contributed by atoms with van der Waals surface area (Å²) >= 11 is 0. The molecule has 1 N–H and O–H groups in total. The largest absolute Gasteiger partial charge is 0.385 e. The summed E-state index contributed by atoms with van der Waals surface area (Å²) in [4.78, 5) is 21.0. The van der Waals surface area contributed by atoms with Crippen molar-refractivity contribution < 1.29 is 4.79 Å². The summed E-state index contributed by atoms with van der Waals surface area (Å²) in [5.41, 5.74) is 2.40. The fourth-order valence-corrected chi connectivity index (χ4v) is 3.06. The average Bonchev–Trinajstić information content (AvgIpc) is 2.69. The quantitative estimate of drug-likeness (QED) is 0.880. The van der Waals surface area contributed by atoms with E-state index in [0.29, 0.717) is 13.0 Å². The number of hydrogen-bond acceptors (Lipinski definition) is 4. The highest BCUT2D eigenvalue weighted by Gasteiger charge is 2.21. The SMILES string of the molecule is CCc1ccc(NCCC(=O)N2CCN(c3ccccn3)CC2)cc1. The molecule has 0 radical (unpaired) electrons. The predicted molar refractivity (Wildman–Crippen MR) is 102 cm³/mol. The van der Waals surface area contributed by atoms with Crippen molar-refractivity contribution in [2.45, 2.75) is 19.8 Å². The molecule has 5 nitrogen and oxygen atoms in total. The Bertz CT molecular complexity index is 664. The normalized spacial score (nSPS) is 14.4. The van der Waals surface area contributed by atoms with Crippen LogP contribution in [0, 0.1) is 0 Å². The van der Waals surface area contributed by atoms with Crippen molar-refractivity contribution in [2.75, 3.05) is 42.9 Å². The molecule has 1 aromatic carbocycles. The molecule has 132 valence electrons. The van der Waals surface area contributed by atoms with Gasteiger partial charge in [-0.2, -0.15) is 0 Å². The molecular formula is C20H26N4O. The van der Waals surface area contributed by atoms with E-state index in [-0.39, 0.29) is 5.91 Å². The Hall–Kier alpha value is -2.56. The van der Waals surface area contributed by atoms with E-state index in [2.05, 4.69) is 46.4 Å². The van der Waals surface area contributed by atoms with Gasteiger partial charge in [0.25, 0.3) is 0 Å². The molecule has 0 saturated carbocycles. The first-order valence-corrected chi connectivity index (χ1v) is 9.03. The highest BCUT2D eigenvalue weighted by atomic mass is 16.2. The summed E-state index contributed by atoms with van der Waals surface area (Å²) in [5.74, 6) is 1.21. The number of anilines is 2. The number of aromatic nitrogens is 1. The molecule has 2 heterocycles. The number of carbonyl (C=O) groups is 1. The van der Waals surface area contributed by atoms with Gasteiger partial charge in [-0.25, -0.2) is 4.98 Å². The Morgan fingerprint density at radius 1 is 1.08 bits per heavy atom. The Morgan fingerprint density at radius 2 is 1.84 bits per heavy atom. The molecule has 1 aromatic heterocycles. The molecule has 1 aliphatic rings. The van der Waals surface area contributed by atoms with Gasteiger partial charge in [-0.1, -0.05) is 25.1 Å². The van der Waals surface area contributed by atoms with Crippen LogP contribution < -0.4 is 10.2 Å². The third kappa shape index (κ3) is 4.72. The van der Waals surface area contributed by atoms with Gasteiger partial charge in [0.1, 0.15) is 5.82 Å². The molecule has 1 fully saturated rings. The first kappa shape index (κ1) is 17.3. The minimum atomic E-state index is 0.221. The summed E-state index contributed by atoms with van der Waals surface area (Å²) in [6, 6.07) is 14.3. The third-order valence-electron chi connectivity index (χ3n) is 4.64. The third-order valence-corrected chi connectivity index (χ3v) is 4.64. The molecule has 0 atom stereocenters. The summed E-state index contributed by atoms with van der Waals surface area (Å²) in [5, 5.41) is 3.33. The van der Waals surface area contributed by atoms with Gasteiger partial charge >= 0.3 is 0 Å². The number of piperazine rings is 1. The lowest BCUT2D eigenvalue weighted by atomic mass is 10.1. The van der Waals surface area contributed by atoms with Crippen LogP contribution in [0.3, 0.4) is 0 Å². The lowest BCUT2D eigenvalue weighted by Gasteiger charge is -2.35. The monoisotopic (exact) mass is 338 g/mol. The lowest BCUT2D eigenvalue weighted by Crippen LogP contribution is -2.49. The highest BCUT2D eigenvalue weighted by Crippen LogP contribution is 2.13. The van der Waals surface area contributed by atoms with Crippen LogP contribution in [0.5, 0.6) is 0 Å². The predicted octanol–water partition coefficient (Wildman–Crippen LogP) is 2.79. The fraction of sp³-hybridized carbons (Fsp3) is 0.400. The van der Waals surface area contributed by atoms with Crippen molar-refractivity contribution in [1.29, 1.82) is 0 Å². The van der Waals surface area contributed by atoms with Gasteiger partial charge in [-0.3, -0.25) is 4.79 Å². The van der Waals surface area contributed by atoms with Gasteiger partial charge in [0.2, 0.25) is 5.91 Å². The molecule has 0 aliphatic carbocycles. The van der Waals surface area contributed by atoms with Crippen molar-refractivity contribution in [3.63, 3.8) is 0 Å². The van der Waals surface area contributed by atoms with Crippen LogP contribution >= 0.6 is 0 Å². The number of amides is 1. The first-order valence-electron chi connectivity index (χ1n) is 9.03. The number of rotatable bonds is 6. The maximum Gasteiger partial charge on any atom is 0.224 e. The zero-order chi connectivity index (χ0) is 17.5. The molecular weight excluding hydrogens is 312 g/mol. The number of hydrogen-bond donors (Lipinski definition) is 1. The molecule has 1 saturated heterocycles. The number of pyridine rings is 1. The van der Waals surface area contributed by atoms with Crippen LogP contribution in [0.4, 0.5) is 11.5 Å². The van der Waals surface area contributed by atoms with Crippen molar-refractivity contribution in [3.05, 3.63) is 54.2 Å². The number of carbonyl (C=O) groups excluding carboxylic acids is 1. The molecule has 3 rings (SSSR count). The molecule has 5 heteroatoms. The zero-order valence-electron chi connectivity index (χ0n) is 14.8. The van der Waals surface area contributed by atoms with Gasteiger partial charge in [0, 0.05) is 51.0 Å². The van der Waals surface area contributed by atoms with Crippen molar-refractivity contribution in [3.8, 4) is 0 Å². The standard InChI is InChI=1S/C20H26N4O/c1-2-17-6-8-18(9-7-17)21-12-10-20(25)24-15-13-23(14-16-24)19-5-3-4-11-22-19/h3-9,11,21H,2,10,12-16H2,1H3. The second kappa shape index (κ2) is 8.51. The molecule has 1 amide bonds. The number of nitrogens with zero attached hydrogens (tertiary/aromatic N) is 3. The molecule has 0 unspecified atom stereocenters. The van der Waals surface area contributed by atoms with Crippen LogP contribution in [0.2, 0.25) is 0 Å². The topological polar surface area (TPSA) is 48.5 Å². The van der Waals surface area contributed by atoms with E-state index < -0.39 is 0 Å². The maximum absolute atomic E-state index is 12.4. The van der Waals surface area contributed by atoms with Gasteiger partial charge in [0.15, 0.2) is 0 Å². The van der Waals surface area contributed by atoms with E-state index in [1.165, 1.54) is 5.56 Å². The Morgan fingerprint density at radius 3 is 2.48 bits per heavy atom.